The highest BCUT2D eigenvalue weighted by Gasteiger charge is 2.58. The van der Waals surface area contributed by atoms with Gasteiger partial charge in [-0.05, 0) is 42.1 Å². The van der Waals surface area contributed by atoms with Gasteiger partial charge in [-0.3, -0.25) is 0 Å². The molecule has 0 radical (unpaired) electrons. The molecule has 0 saturated heterocycles. The average molecular weight is 172 g/mol. The number of rotatable bonds is 2. The van der Waals surface area contributed by atoms with E-state index in [0.717, 1.165) is 11.8 Å². The van der Waals surface area contributed by atoms with Crippen molar-refractivity contribution in [3.63, 3.8) is 0 Å². The Morgan fingerprint density at radius 2 is 1.85 bits per heavy atom. The smallest absolute Gasteiger partial charge is 0.00996 e. The highest BCUT2D eigenvalue weighted by atomic mass is 14.6. The minimum absolute atomic E-state index is 0.682. The Balaban J connectivity index is 1.83. The van der Waals surface area contributed by atoms with Gasteiger partial charge in [-0.1, -0.05) is 37.3 Å². The van der Waals surface area contributed by atoms with E-state index in [-0.39, 0.29) is 0 Å². The zero-order chi connectivity index (χ0) is 8.89. The van der Waals surface area contributed by atoms with Gasteiger partial charge in [0.25, 0.3) is 0 Å². The second-order valence-corrected chi connectivity index (χ2v) is 4.95. The monoisotopic (exact) mass is 172 g/mol. The minimum Gasteiger partial charge on any atom is -0.0622 e. The molecule has 2 aliphatic rings. The van der Waals surface area contributed by atoms with Gasteiger partial charge in [0.2, 0.25) is 0 Å². The molecule has 0 bridgehead atoms. The fourth-order valence-corrected chi connectivity index (χ4v) is 2.76. The fraction of sp³-hybridized carbons (Fsp3) is 0.538. The maximum Gasteiger partial charge on any atom is -0.00996 e. The van der Waals surface area contributed by atoms with Crippen LogP contribution in [0, 0.1) is 11.3 Å². The quantitative estimate of drug-likeness (QED) is 0.639. The first-order valence-corrected chi connectivity index (χ1v) is 5.36. The first kappa shape index (κ1) is 7.61. The van der Waals surface area contributed by atoms with Crippen LogP contribution in [0.2, 0.25) is 0 Å². The Kier molecular flexibility index (Phi) is 1.39. The van der Waals surface area contributed by atoms with Gasteiger partial charge in [0.05, 0.1) is 0 Å². The molecule has 68 valence electrons. The van der Waals surface area contributed by atoms with Gasteiger partial charge in [-0.2, -0.15) is 0 Å². The second kappa shape index (κ2) is 2.37. The summed E-state index contributed by atoms with van der Waals surface area (Å²) in [5.41, 5.74) is 2.25. The van der Waals surface area contributed by atoms with Crippen LogP contribution in [0.5, 0.6) is 0 Å². The van der Waals surface area contributed by atoms with Gasteiger partial charge < -0.3 is 0 Å². The molecule has 3 rings (SSSR count). The third-order valence-corrected chi connectivity index (χ3v) is 3.99. The van der Waals surface area contributed by atoms with Gasteiger partial charge >= 0.3 is 0 Å². The third-order valence-electron chi connectivity index (χ3n) is 3.99. The lowest BCUT2D eigenvalue weighted by molar-refractivity contribution is 0.472. The molecular weight excluding hydrogens is 156 g/mol. The van der Waals surface area contributed by atoms with Crippen molar-refractivity contribution in [3.05, 3.63) is 35.9 Å². The van der Waals surface area contributed by atoms with Gasteiger partial charge in [0.1, 0.15) is 0 Å². The normalized spacial score (nSPS) is 37.5. The SMILES string of the molecule is CC1(C2CC2)CC1c1ccccc1. The van der Waals surface area contributed by atoms with Crippen molar-refractivity contribution >= 4 is 0 Å². The van der Waals surface area contributed by atoms with Gasteiger partial charge in [-0.15, -0.1) is 0 Å². The minimum atomic E-state index is 0.682. The predicted molar refractivity (Wildman–Crippen MR) is 54.6 cm³/mol. The molecule has 1 aromatic carbocycles. The molecule has 13 heavy (non-hydrogen) atoms. The molecule has 0 heterocycles. The standard InChI is InChI=1S/C13H16/c1-13(11-7-8-11)9-12(13)10-5-3-2-4-6-10/h2-6,11-12H,7-9H2,1H3. The van der Waals surface area contributed by atoms with Crippen LogP contribution in [-0.4, -0.2) is 0 Å². The topological polar surface area (TPSA) is 0 Å². The first-order chi connectivity index (χ1) is 6.31. The predicted octanol–water partition coefficient (Wildman–Crippen LogP) is 3.59. The molecule has 0 nitrogen and oxygen atoms in total. The fourth-order valence-electron chi connectivity index (χ4n) is 2.76. The summed E-state index contributed by atoms with van der Waals surface area (Å²) < 4.78 is 0. The average Bonchev–Trinajstić information content (AvgIpc) is 2.98. The number of hydrogen-bond acceptors (Lipinski definition) is 0. The molecule has 0 aromatic heterocycles. The molecule has 2 atom stereocenters. The maximum atomic E-state index is 2.47. The van der Waals surface area contributed by atoms with Crippen molar-refractivity contribution in [2.45, 2.75) is 32.1 Å². The van der Waals surface area contributed by atoms with Crippen molar-refractivity contribution in [1.29, 1.82) is 0 Å². The Morgan fingerprint density at radius 3 is 2.46 bits per heavy atom. The lowest BCUT2D eigenvalue weighted by Crippen LogP contribution is -1.99. The first-order valence-electron chi connectivity index (χ1n) is 5.36. The third kappa shape index (κ3) is 1.12. The van der Waals surface area contributed by atoms with Crippen LogP contribution in [0.3, 0.4) is 0 Å². The maximum absolute atomic E-state index is 2.47. The summed E-state index contributed by atoms with van der Waals surface area (Å²) in [7, 11) is 0. The van der Waals surface area contributed by atoms with E-state index in [1.54, 1.807) is 5.56 Å². The molecule has 1 aromatic rings. The number of benzene rings is 1. The summed E-state index contributed by atoms with van der Waals surface area (Å²) >= 11 is 0. The van der Waals surface area contributed by atoms with Crippen molar-refractivity contribution in [2.24, 2.45) is 11.3 Å². The van der Waals surface area contributed by atoms with Crippen molar-refractivity contribution in [3.8, 4) is 0 Å². The molecule has 2 fully saturated rings. The highest BCUT2D eigenvalue weighted by Crippen LogP contribution is 2.69. The largest absolute Gasteiger partial charge is 0.0622 e. The summed E-state index contributed by atoms with van der Waals surface area (Å²) in [6, 6.07) is 11.0. The highest BCUT2D eigenvalue weighted by molar-refractivity contribution is 5.30. The zero-order valence-corrected chi connectivity index (χ0v) is 8.16. The van der Waals surface area contributed by atoms with Crippen molar-refractivity contribution in [1.82, 2.24) is 0 Å². The van der Waals surface area contributed by atoms with Gasteiger partial charge in [-0.25, -0.2) is 0 Å². The van der Waals surface area contributed by atoms with E-state index < -0.39 is 0 Å². The summed E-state index contributed by atoms with van der Waals surface area (Å²) in [6.07, 6.45) is 4.40. The molecule has 2 unspecified atom stereocenters. The van der Waals surface area contributed by atoms with Crippen LogP contribution in [0.4, 0.5) is 0 Å². The molecule has 0 aliphatic heterocycles. The molecule has 0 N–H and O–H groups in total. The summed E-state index contributed by atoms with van der Waals surface area (Å²) in [5, 5.41) is 0. The van der Waals surface area contributed by atoms with E-state index >= 15 is 0 Å². The summed E-state index contributed by atoms with van der Waals surface area (Å²) in [4.78, 5) is 0. The van der Waals surface area contributed by atoms with E-state index in [9.17, 15) is 0 Å². The Labute approximate surface area is 80.0 Å². The van der Waals surface area contributed by atoms with Gasteiger partial charge in [0.15, 0.2) is 0 Å². The van der Waals surface area contributed by atoms with E-state index in [1.165, 1.54) is 19.3 Å². The lowest BCUT2D eigenvalue weighted by atomic mass is 9.96. The van der Waals surface area contributed by atoms with Crippen LogP contribution < -0.4 is 0 Å². The zero-order valence-electron chi connectivity index (χ0n) is 8.16. The van der Waals surface area contributed by atoms with Crippen LogP contribution >= 0.6 is 0 Å². The Morgan fingerprint density at radius 1 is 1.15 bits per heavy atom. The van der Waals surface area contributed by atoms with E-state index in [4.69, 9.17) is 0 Å². The molecule has 0 heteroatoms. The van der Waals surface area contributed by atoms with Crippen LogP contribution in [0.25, 0.3) is 0 Å². The molecule has 0 amide bonds. The number of hydrogen-bond donors (Lipinski definition) is 0. The van der Waals surface area contributed by atoms with Crippen LogP contribution in [0.1, 0.15) is 37.7 Å². The summed E-state index contributed by atoms with van der Waals surface area (Å²) in [5.74, 6) is 1.93. The lowest BCUT2D eigenvalue weighted by Gasteiger charge is -2.08. The van der Waals surface area contributed by atoms with Gasteiger partial charge in [0, 0.05) is 0 Å². The Hall–Kier alpha value is -0.780. The molecule has 2 saturated carbocycles. The van der Waals surface area contributed by atoms with Crippen LogP contribution in [-0.2, 0) is 0 Å². The molecular formula is C13H16. The molecule has 0 spiro atoms. The van der Waals surface area contributed by atoms with Crippen molar-refractivity contribution < 1.29 is 0 Å². The second-order valence-electron chi connectivity index (χ2n) is 4.95. The Bertz CT molecular complexity index is 310. The van der Waals surface area contributed by atoms with E-state index in [2.05, 4.69) is 37.3 Å². The van der Waals surface area contributed by atoms with Crippen molar-refractivity contribution in [2.75, 3.05) is 0 Å². The van der Waals surface area contributed by atoms with E-state index in [1.807, 2.05) is 0 Å². The molecule has 2 aliphatic carbocycles. The van der Waals surface area contributed by atoms with E-state index in [0.29, 0.717) is 5.41 Å². The summed E-state index contributed by atoms with van der Waals surface area (Å²) in [6.45, 7) is 2.47. The van der Waals surface area contributed by atoms with Crippen LogP contribution in [0.15, 0.2) is 30.3 Å².